The lowest BCUT2D eigenvalue weighted by Crippen LogP contribution is -2.42. The van der Waals surface area contributed by atoms with E-state index in [9.17, 15) is 22.8 Å². The summed E-state index contributed by atoms with van der Waals surface area (Å²) in [6.45, 7) is 0.375. The fourth-order valence-corrected chi connectivity index (χ4v) is 3.93. The van der Waals surface area contributed by atoms with Crippen LogP contribution in [0.3, 0.4) is 0 Å². The minimum Gasteiger partial charge on any atom is -0.479 e. The number of carbonyl (C=O) groups is 2. The molecule has 1 aliphatic heterocycles. The maximum absolute atomic E-state index is 12.3. The Morgan fingerprint density at radius 1 is 1.24 bits per heavy atom. The quantitative estimate of drug-likeness (QED) is 0.562. The number of ether oxygens (including phenoxy) is 2. The van der Waals surface area contributed by atoms with Crippen LogP contribution < -0.4 is 10.1 Å². The molecule has 1 saturated carbocycles. The number of alkyl halides is 3. The van der Waals surface area contributed by atoms with Gasteiger partial charge in [-0.1, -0.05) is 11.6 Å². The fraction of sp³-hybridized carbons (Fsp3) is 0.524. The molecule has 4 rings (SSSR count). The zero-order chi connectivity index (χ0) is 23.6. The molecule has 12 heteroatoms. The van der Waals surface area contributed by atoms with Crippen molar-refractivity contribution >= 4 is 23.3 Å². The van der Waals surface area contributed by atoms with E-state index < -0.39 is 18.6 Å². The molecule has 0 saturated heterocycles. The number of nitrogens with one attached hydrogen (secondary N) is 1. The molecule has 0 spiro atoms. The summed E-state index contributed by atoms with van der Waals surface area (Å²) in [4.78, 5) is 24.6. The highest BCUT2D eigenvalue weighted by molar-refractivity contribution is 6.31. The predicted octanol–water partition coefficient (Wildman–Crippen LogP) is 3.98. The zero-order valence-corrected chi connectivity index (χ0v) is 18.1. The highest BCUT2D eigenvalue weighted by Gasteiger charge is 2.42. The zero-order valence-electron chi connectivity index (χ0n) is 17.4. The average molecular weight is 488 g/mol. The Morgan fingerprint density at radius 3 is 2.79 bits per heavy atom. The number of halogens is 4. The van der Waals surface area contributed by atoms with Crippen molar-refractivity contribution in [1.82, 2.24) is 15.5 Å². The first-order valence-corrected chi connectivity index (χ1v) is 10.9. The molecule has 2 heterocycles. The number of amides is 1. The number of hydrogen-bond acceptors (Lipinski definition) is 7. The summed E-state index contributed by atoms with van der Waals surface area (Å²) < 4.78 is 51.7. The number of Topliss-reactive ketones (excluding diaryl/α,β-unsaturated/α-hetero) is 1. The topological polar surface area (TPSA) is 104 Å². The third-order valence-corrected chi connectivity index (χ3v) is 5.75. The standard InChI is InChI=1S/C21H21ClF3N3O5/c22-12-4-5-16-14(9-12)15(29)10-17(31-16)19(30)26-6-2-1-3-18-27-28-20(32-18)11-7-13(8-11)33-21(23,24)25/h4-5,9,11,13,17H,1-3,6-8,10H2,(H,26,30). The van der Waals surface area contributed by atoms with Gasteiger partial charge in [0.1, 0.15) is 5.75 Å². The van der Waals surface area contributed by atoms with Gasteiger partial charge in [-0.05, 0) is 43.9 Å². The molecular formula is C21H21ClF3N3O5. The Hall–Kier alpha value is -2.66. The van der Waals surface area contributed by atoms with Crippen LogP contribution in [0.25, 0.3) is 0 Å². The van der Waals surface area contributed by atoms with Crippen LogP contribution in [-0.4, -0.2) is 47.0 Å². The molecular weight excluding hydrogens is 467 g/mol. The molecule has 33 heavy (non-hydrogen) atoms. The molecule has 8 nitrogen and oxygen atoms in total. The Kier molecular flexibility index (Phi) is 6.89. The first-order chi connectivity index (χ1) is 15.7. The van der Waals surface area contributed by atoms with Crippen LogP contribution >= 0.6 is 11.6 Å². The second kappa shape index (κ2) is 9.68. The van der Waals surface area contributed by atoms with Gasteiger partial charge in [0.15, 0.2) is 11.9 Å². The summed E-state index contributed by atoms with van der Waals surface area (Å²) >= 11 is 5.89. The number of fused-ring (bicyclic) bond motifs is 1. The van der Waals surface area contributed by atoms with Crippen molar-refractivity contribution in [3.63, 3.8) is 0 Å². The smallest absolute Gasteiger partial charge is 0.479 e. The number of aromatic nitrogens is 2. The minimum absolute atomic E-state index is 0.0556. The van der Waals surface area contributed by atoms with Crippen LogP contribution in [0.4, 0.5) is 13.2 Å². The first kappa shape index (κ1) is 23.5. The largest absolute Gasteiger partial charge is 0.522 e. The Balaban J connectivity index is 1.14. The summed E-state index contributed by atoms with van der Waals surface area (Å²) in [5.41, 5.74) is 0.371. The van der Waals surface area contributed by atoms with Gasteiger partial charge in [0.25, 0.3) is 5.91 Å². The summed E-state index contributed by atoms with van der Waals surface area (Å²) in [6, 6.07) is 4.69. The van der Waals surface area contributed by atoms with Crippen LogP contribution in [0.2, 0.25) is 5.02 Å². The summed E-state index contributed by atoms with van der Waals surface area (Å²) in [5, 5.41) is 11.0. The van der Waals surface area contributed by atoms with Crippen LogP contribution in [0.5, 0.6) is 5.75 Å². The molecule has 1 fully saturated rings. The average Bonchev–Trinajstić information content (AvgIpc) is 3.18. The molecule has 0 radical (unpaired) electrons. The Bertz CT molecular complexity index is 1020. The predicted molar refractivity (Wildman–Crippen MR) is 108 cm³/mol. The van der Waals surface area contributed by atoms with E-state index in [-0.39, 0.29) is 36.9 Å². The first-order valence-electron chi connectivity index (χ1n) is 10.5. The van der Waals surface area contributed by atoms with E-state index in [1.807, 2.05) is 0 Å². The molecule has 1 amide bonds. The number of nitrogens with zero attached hydrogens (tertiary/aromatic N) is 2. The van der Waals surface area contributed by atoms with E-state index in [0.29, 0.717) is 53.9 Å². The van der Waals surface area contributed by atoms with Crippen LogP contribution in [0, 0.1) is 0 Å². The second-order valence-electron chi connectivity index (χ2n) is 8.01. The van der Waals surface area contributed by atoms with Crippen LogP contribution in [0.15, 0.2) is 22.6 Å². The number of hydrogen-bond donors (Lipinski definition) is 1. The summed E-state index contributed by atoms with van der Waals surface area (Å²) in [7, 11) is 0. The lowest BCUT2D eigenvalue weighted by atomic mass is 9.82. The third kappa shape index (κ3) is 6.02. The molecule has 1 aromatic carbocycles. The van der Waals surface area contributed by atoms with Gasteiger partial charge in [-0.15, -0.1) is 23.4 Å². The fourth-order valence-electron chi connectivity index (χ4n) is 3.75. The van der Waals surface area contributed by atoms with Crippen LogP contribution in [0.1, 0.15) is 60.2 Å². The van der Waals surface area contributed by atoms with Crippen molar-refractivity contribution in [2.75, 3.05) is 6.54 Å². The van der Waals surface area contributed by atoms with Crippen LogP contribution in [-0.2, 0) is 16.0 Å². The van der Waals surface area contributed by atoms with Crippen molar-refractivity contribution < 1.29 is 36.7 Å². The van der Waals surface area contributed by atoms with Gasteiger partial charge in [0.2, 0.25) is 11.8 Å². The van der Waals surface area contributed by atoms with E-state index in [4.69, 9.17) is 20.8 Å². The van der Waals surface area contributed by atoms with Crippen molar-refractivity contribution in [3.8, 4) is 5.75 Å². The van der Waals surface area contributed by atoms with E-state index in [1.165, 1.54) is 6.07 Å². The van der Waals surface area contributed by atoms with E-state index in [0.717, 1.165) is 0 Å². The summed E-state index contributed by atoms with van der Waals surface area (Å²) in [6.07, 6.45) is -4.32. The molecule has 2 aliphatic rings. The maximum Gasteiger partial charge on any atom is 0.522 e. The monoisotopic (exact) mass is 487 g/mol. The highest BCUT2D eigenvalue weighted by atomic mass is 35.5. The second-order valence-corrected chi connectivity index (χ2v) is 8.45. The van der Waals surface area contributed by atoms with E-state index in [1.54, 1.807) is 12.1 Å². The van der Waals surface area contributed by atoms with Gasteiger partial charge in [-0.2, -0.15) is 0 Å². The number of benzene rings is 1. The Labute approximate surface area is 191 Å². The number of carbonyl (C=O) groups excluding carboxylic acids is 2. The van der Waals surface area contributed by atoms with E-state index in [2.05, 4.69) is 20.3 Å². The molecule has 178 valence electrons. The van der Waals surface area contributed by atoms with Gasteiger partial charge >= 0.3 is 6.36 Å². The normalized spacial score (nSPS) is 22.3. The lowest BCUT2D eigenvalue weighted by molar-refractivity contribution is -0.352. The number of unbranched alkanes of at least 4 members (excludes halogenated alkanes) is 1. The van der Waals surface area contributed by atoms with Gasteiger partial charge in [-0.3, -0.25) is 14.3 Å². The van der Waals surface area contributed by atoms with Crippen molar-refractivity contribution in [2.45, 2.75) is 63.0 Å². The van der Waals surface area contributed by atoms with Gasteiger partial charge in [0.05, 0.1) is 18.1 Å². The molecule has 2 aromatic rings. The molecule has 1 N–H and O–H groups in total. The maximum atomic E-state index is 12.3. The van der Waals surface area contributed by atoms with Crippen molar-refractivity contribution in [3.05, 3.63) is 40.6 Å². The Morgan fingerprint density at radius 2 is 2.03 bits per heavy atom. The van der Waals surface area contributed by atoms with Gasteiger partial charge < -0.3 is 14.5 Å². The van der Waals surface area contributed by atoms with Crippen molar-refractivity contribution in [1.29, 1.82) is 0 Å². The van der Waals surface area contributed by atoms with Gasteiger partial charge in [0, 0.05) is 23.9 Å². The molecule has 1 aliphatic carbocycles. The van der Waals surface area contributed by atoms with Crippen molar-refractivity contribution in [2.24, 2.45) is 0 Å². The minimum atomic E-state index is -4.64. The number of rotatable bonds is 8. The SMILES string of the molecule is O=C1CC(C(=O)NCCCCc2nnc(C3CC(OC(F)(F)F)C3)o2)Oc2ccc(Cl)cc21. The molecule has 1 aromatic heterocycles. The summed E-state index contributed by atoms with van der Waals surface area (Å²) in [5.74, 6) is 0.260. The van der Waals surface area contributed by atoms with Gasteiger partial charge in [-0.25, -0.2) is 0 Å². The third-order valence-electron chi connectivity index (χ3n) is 5.52. The number of aryl methyl sites for hydroxylation is 1. The highest BCUT2D eigenvalue weighted by Crippen LogP contribution is 2.40. The molecule has 0 bridgehead atoms. The van der Waals surface area contributed by atoms with E-state index >= 15 is 0 Å². The lowest BCUT2D eigenvalue weighted by Gasteiger charge is -2.32. The molecule has 1 unspecified atom stereocenters. The number of ketones is 1. The molecule has 1 atom stereocenters.